The van der Waals surface area contributed by atoms with E-state index in [1.807, 2.05) is 0 Å². The monoisotopic (exact) mass is 270 g/mol. The number of nitrogens with zero attached hydrogens (tertiary/aromatic N) is 2. The van der Waals surface area contributed by atoms with Crippen molar-refractivity contribution in [3.8, 4) is 0 Å². The van der Waals surface area contributed by atoms with Crippen LogP contribution < -0.4 is 4.90 Å². The summed E-state index contributed by atoms with van der Waals surface area (Å²) in [6.45, 7) is 1.93. The summed E-state index contributed by atoms with van der Waals surface area (Å²) in [6, 6.07) is 3.28. The molecule has 1 rings (SSSR count). The number of non-ortho nitro benzene ring substituents is 1. The minimum absolute atomic E-state index is 0.271. The van der Waals surface area contributed by atoms with Crippen molar-refractivity contribution >= 4 is 17.3 Å². The fourth-order valence-electron chi connectivity index (χ4n) is 1.68. The largest absolute Gasteiger partial charge is 0.469 e. The van der Waals surface area contributed by atoms with Gasteiger partial charge in [-0.2, -0.15) is 0 Å². The van der Waals surface area contributed by atoms with Crippen LogP contribution in [-0.4, -0.2) is 31.6 Å². The van der Waals surface area contributed by atoms with Gasteiger partial charge < -0.3 is 9.64 Å². The van der Waals surface area contributed by atoms with E-state index in [1.54, 1.807) is 18.9 Å². The van der Waals surface area contributed by atoms with Crippen molar-refractivity contribution in [2.75, 3.05) is 25.6 Å². The van der Waals surface area contributed by atoms with Crippen LogP contribution in [0.4, 0.5) is 15.8 Å². The molecule has 1 aromatic rings. The van der Waals surface area contributed by atoms with Crippen LogP contribution >= 0.6 is 0 Å². The highest BCUT2D eigenvalue weighted by Gasteiger charge is 2.18. The van der Waals surface area contributed by atoms with Gasteiger partial charge in [0.1, 0.15) is 5.82 Å². The Kier molecular flexibility index (Phi) is 4.80. The number of esters is 1. The van der Waals surface area contributed by atoms with E-state index in [0.29, 0.717) is 5.69 Å². The molecule has 0 aliphatic rings. The lowest BCUT2D eigenvalue weighted by molar-refractivity contribution is -0.385. The first kappa shape index (κ1) is 14.9. The molecule has 0 spiro atoms. The molecule has 1 atom stereocenters. The molecule has 0 fully saturated rings. The van der Waals surface area contributed by atoms with Crippen molar-refractivity contribution in [2.45, 2.75) is 6.92 Å². The van der Waals surface area contributed by atoms with Gasteiger partial charge in [-0.15, -0.1) is 0 Å². The highest BCUT2D eigenvalue weighted by Crippen LogP contribution is 2.23. The number of nitro benzene ring substituents is 1. The third-order valence-electron chi connectivity index (χ3n) is 2.67. The Bertz CT molecular complexity index is 493. The van der Waals surface area contributed by atoms with Crippen LogP contribution in [0.3, 0.4) is 0 Å². The summed E-state index contributed by atoms with van der Waals surface area (Å²) in [4.78, 5) is 22.8. The zero-order chi connectivity index (χ0) is 14.6. The molecule has 0 radical (unpaired) electrons. The summed E-state index contributed by atoms with van der Waals surface area (Å²) in [5, 5.41) is 10.7. The van der Waals surface area contributed by atoms with Crippen LogP contribution in [0.15, 0.2) is 18.2 Å². The third-order valence-corrected chi connectivity index (χ3v) is 2.67. The van der Waals surface area contributed by atoms with Gasteiger partial charge in [-0.1, -0.05) is 6.92 Å². The summed E-state index contributed by atoms with van der Waals surface area (Å²) in [7, 11) is 2.91. The maximum atomic E-state index is 13.3. The van der Waals surface area contributed by atoms with Crippen molar-refractivity contribution in [1.82, 2.24) is 0 Å². The first-order chi connectivity index (χ1) is 8.85. The van der Waals surface area contributed by atoms with E-state index in [4.69, 9.17) is 0 Å². The number of methoxy groups -OCH3 is 1. The molecule has 104 valence electrons. The standard InChI is InChI=1S/C12H15FN2O4/c1-8(12(16)19-3)7-14(2)10-4-9(13)5-11(6-10)15(17)18/h4-6,8H,7H2,1-3H3. The third kappa shape index (κ3) is 3.90. The van der Waals surface area contributed by atoms with Gasteiger partial charge in [-0.3, -0.25) is 14.9 Å². The molecule has 0 aliphatic heterocycles. The van der Waals surface area contributed by atoms with Crippen molar-refractivity contribution < 1.29 is 18.8 Å². The molecule has 0 saturated heterocycles. The highest BCUT2D eigenvalue weighted by atomic mass is 19.1. The van der Waals surface area contributed by atoms with Gasteiger partial charge in [-0.05, 0) is 6.07 Å². The SMILES string of the molecule is COC(=O)C(C)CN(C)c1cc(F)cc([N+](=O)[O-])c1. The Labute approximate surface area is 109 Å². The second kappa shape index (κ2) is 6.12. The van der Waals surface area contributed by atoms with Crippen molar-refractivity contribution in [2.24, 2.45) is 5.92 Å². The fourth-order valence-corrected chi connectivity index (χ4v) is 1.68. The van der Waals surface area contributed by atoms with Crippen LogP contribution in [0.2, 0.25) is 0 Å². The minimum atomic E-state index is -0.693. The van der Waals surface area contributed by atoms with Gasteiger partial charge in [0.05, 0.1) is 24.0 Å². The molecule has 7 heteroatoms. The van der Waals surface area contributed by atoms with E-state index in [0.717, 1.165) is 6.07 Å². The second-order valence-electron chi connectivity index (χ2n) is 4.23. The maximum absolute atomic E-state index is 13.3. The van der Waals surface area contributed by atoms with Crippen molar-refractivity contribution in [1.29, 1.82) is 0 Å². The highest BCUT2D eigenvalue weighted by molar-refractivity contribution is 5.72. The van der Waals surface area contributed by atoms with E-state index in [-0.39, 0.29) is 12.2 Å². The molecule has 0 heterocycles. The van der Waals surface area contributed by atoms with E-state index < -0.39 is 22.6 Å². The fraction of sp³-hybridized carbons (Fsp3) is 0.417. The number of benzene rings is 1. The predicted octanol–water partition coefficient (Wildman–Crippen LogP) is 1.98. The smallest absolute Gasteiger partial charge is 0.310 e. The number of carbonyl (C=O) groups excluding carboxylic acids is 1. The first-order valence-corrected chi connectivity index (χ1v) is 5.59. The first-order valence-electron chi connectivity index (χ1n) is 5.59. The molecule has 6 nitrogen and oxygen atoms in total. The van der Waals surface area contributed by atoms with Crippen molar-refractivity contribution in [3.63, 3.8) is 0 Å². The molecule has 0 N–H and O–H groups in total. The molecule has 0 amide bonds. The van der Waals surface area contributed by atoms with Crippen LogP contribution in [0.1, 0.15) is 6.92 Å². The van der Waals surface area contributed by atoms with Crippen LogP contribution in [0.5, 0.6) is 0 Å². The number of carbonyl (C=O) groups is 1. The molecule has 0 aliphatic carbocycles. The van der Waals surface area contributed by atoms with Gasteiger partial charge >= 0.3 is 5.97 Å². The Morgan fingerprint density at radius 3 is 2.68 bits per heavy atom. The number of anilines is 1. The van der Waals surface area contributed by atoms with Gasteiger partial charge in [0.2, 0.25) is 0 Å². The van der Waals surface area contributed by atoms with E-state index >= 15 is 0 Å². The summed E-state index contributed by atoms with van der Waals surface area (Å²) in [6.07, 6.45) is 0. The Morgan fingerprint density at radius 2 is 2.16 bits per heavy atom. The van der Waals surface area contributed by atoms with Crippen LogP contribution in [0, 0.1) is 21.8 Å². The van der Waals surface area contributed by atoms with Crippen molar-refractivity contribution in [3.05, 3.63) is 34.1 Å². The van der Waals surface area contributed by atoms with Gasteiger partial charge in [0.15, 0.2) is 0 Å². The summed E-state index contributed by atoms with van der Waals surface area (Å²) < 4.78 is 17.9. The number of hydrogen-bond donors (Lipinski definition) is 0. The topological polar surface area (TPSA) is 72.7 Å². The second-order valence-corrected chi connectivity index (χ2v) is 4.23. The lowest BCUT2D eigenvalue weighted by Crippen LogP contribution is -2.29. The number of rotatable bonds is 5. The molecular formula is C12H15FN2O4. The number of halogens is 1. The number of ether oxygens (including phenoxy) is 1. The normalized spacial score (nSPS) is 11.8. The minimum Gasteiger partial charge on any atom is -0.469 e. The summed E-state index contributed by atoms with van der Waals surface area (Å²) >= 11 is 0. The van der Waals surface area contributed by atoms with Gasteiger partial charge in [0.25, 0.3) is 5.69 Å². The lowest BCUT2D eigenvalue weighted by Gasteiger charge is -2.22. The van der Waals surface area contributed by atoms with Gasteiger partial charge in [0, 0.05) is 25.3 Å². The Balaban J connectivity index is 2.90. The Hall–Kier alpha value is -2.18. The molecule has 0 aromatic heterocycles. The van der Waals surface area contributed by atoms with Crippen LogP contribution in [0.25, 0.3) is 0 Å². The predicted molar refractivity (Wildman–Crippen MR) is 67.5 cm³/mol. The Morgan fingerprint density at radius 1 is 1.53 bits per heavy atom. The molecule has 0 bridgehead atoms. The van der Waals surface area contributed by atoms with E-state index in [9.17, 15) is 19.3 Å². The number of nitro groups is 1. The van der Waals surface area contributed by atoms with E-state index in [1.165, 1.54) is 19.2 Å². The zero-order valence-corrected chi connectivity index (χ0v) is 10.9. The lowest BCUT2D eigenvalue weighted by atomic mass is 10.1. The summed E-state index contributed by atoms with van der Waals surface area (Å²) in [5.74, 6) is -1.50. The van der Waals surface area contributed by atoms with Gasteiger partial charge in [-0.25, -0.2) is 4.39 Å². The molecule has 19 heavy (non-hydrogen) atoms. The maximum Gasteiger partial charge on any atom is 0.310 e. The van der Waals surface area contributed by atoms with Crippen LogP contribution in [-0.2, 0) is 9.53 Å². The van der Waals surface area contributed by atoms with E-state index in [2.05, 4.69) is 4.74 Å². The average Bonchev–Trinajstić information content (AvgIpc) is 2.36. The molecule has 0 saturated carbocycles. The zero-order valence-electron chi connectivity index (χ0n) is 10.9. The molecular weight excluding hydrogens is 255 g/mol. The molecule has 1 aromatic carbocycles. The summed E-state index contributed by atoms with van der Waals surface area (Å²) in [5.41, 5.74) is 0.00928. The quantitative estimate of drug-likeness (QED) is 0.464. The number of hydrogen-bond acceptors (Lipinski definition) is 5. The average molecular weight is 270 g/mol. The molecule has 1 unspecified atom stereocenters.